The van der Waals surface area contributed by atoms with Crippen LogP contribution in [0.2, 0.25) is 0 Å². The topological polar surface area (TPSA) is 116 Å². The Morgan fingerprint density at radius 2 is 2.24 bits per heavy atom. The zero-order chi connectivity index (χ0) is 15.4. The van der Waals surface area contributed by atoms with Crippen molar-refractivity contribution in [3.63, 3.8) is 0 Å². The van der Waals surface area contributed by atoms with Gasteiger partial charge in [-0.1, -0.05) is 0 Å². The Labute approximate surface area is 120 Å². The molecule has 110 valence electrons. The summed E-state index contributed by atoms with van der Waals surface area (Å²) in [5, 5.41) is 18.1. The average Bonchev–Trinajstić information content (AvgIpc) is 2.84. The lowest BCUT2D eigenvalue weighted by Crippen LogP contribution is -2.13. The molecule has 8 heteroatoms. The van der Waals surface area contributed by atoms with Crippen molar-refractivity contribution in [1.82, 2.24) is 9.78 Å². The first-order chi connectivity index (χ1) is 9.97. The number of nitro benzene ring substituents is 1. The molecule has 0 spiro atoms. The molecular weight excluding hydrogens is 274 g/mol. The monoisotopic (exact) mass is 289 g/mol. The van der Waals surface area contributed by atoms with Gasteiger partial charge >= 0.3 is 0 Å². The molecule has 1 aromatic heterocycles. The molecule has 2 rings (SSSR count). The Morgan fingerprint density at radius 3 is 2.81 bits per heavy atom. The van der Waals surface area contributed by atoms with Crippen LogP contribution in [-0.4, -0.2) is 27.2 Å². The molecule has 1 amide bonds. The lowest BCUT2D eigenvalue weighted by Gasteiger charge is -2.07. The molecule has 0 saturated heterocycles. The van der Waals surface area contributed by atoms with Crippen molar-refractivity contribution in [3.8, 4) is 0 Å². The van der Waals surface area contributed by atoms with Crippen LogP contribution in [-0.2, 0) is 13.5 Å². The molecule has 0 bridgehead atoms. The Hall–Kier alpha value is -2.90. The molecule has 1 aromatic carbocycles. The molecular formula is C13H15N5O3. The predicted molar refractivity (Wildman–Crippen MR) is 77.0 cm³/mol. The number of nitro groups is 1. The fraction of sp³-hybridized carbons (Fsp3) is 0.231. The normalized spacial score (nSPS) is 10.3. The van der Waals surface area contributed by atoms with E-state index in [1.807, 2.05) is 19.3 Å². The van der Waals surface area contributed by atoms with Crippen LogP contribution in [0.15, 0.2) is 30.5 Å². The van der Waals surface area contributed by atoms with Crippen molar-refractivity contribution < 1.29 is 9.72 Å². The first-order valence-corrected chi connectivity index (χ1v) is 6.28. The number of benzene rings is 1. The first-order valence-electron chi connectivity index (χ1n) is 6.28. The number of aryl methyl sites for hydroxylation is 1. The number of anilines is 1. The minimum Gasteiger partial charge on any atom is -0.379 e. The molecule has 8 nitrogen and oxygen atoms in total. The largest absolute Gasteiger partial charge is 0.379 e. The fourth-order valence-electron chi connectivity index (χ4n) is 1.91. The van der Waals surface area contributed by atoms with Gasteiger partial charge in [-0.05, 0) is 18.2 Å². The van der Waals surface area contributed by atoms with Gasteiger partial charge in [-0.2, -0.15) is 5.10 Å². The van der Waals surface area contributed by atoms with Crippen molar-refractivity contribution in [2.75, 3.05) is 11.9 Å². The van der Waals surface area contributed by atoms with E-state index >= 15 is 0 Å². The first kappa shape index (κ1) is 14.5. The molecule has 3 N–H and O–H groups in total. The lowest BCUT2D eigenvalue weighted by atomic mass is 10.1. The minimum atomic E-state index is -0.627. The van der Waals surface area contributed by atoms with Crippen LogP contribution in [0.4, 0.5) is 11.4 Å². The number of hydrogen-bond acceptors (Lipinski definition) is 5. The van der Waals surface area contributed by atoms with E-state index in [1.165, 1.54) is 18.2 Å². The zero-order valence-corrected chi connectivity index (χ0v) is 11.4. The second-order valence-corrected chi connectivity index (χ2v) is 4.51. The summed E-state index contributed by atoms with van der Waals surface area (Å²) in [5.74, 6) is -0.627. The van der Waals surface area contributed by atoms with E-state index in [9.17, 15) is 14.9 Å². The number of aromatic nitrogens is 2. The van der Waals surface area contributed by atoms with E-state index in [4.69, 9.17) is 5.73 Å². The van der Waals surface area contributed by atoms with E-state index in [0.29, 0.717) is 13.0 Å². The second-order valence-electron chi connectivity index (χ2n) is 4.51. The molecule has 0 radical (unpaired) electrons. The number of nitrogens with one attached hydrogen (secondary N) is 1. The quantitative estimate of drug-likeness (QED) is 0.609. The van der Waals surface area contributed by atoms with Crippen LogP contribution >= 0.6 is 0 Å². The molecule has 0 aliphatic carbocycles. The standard InChI is InChI=1S/C13H15N5O3/c1-17-7-5-10(16-17)4-6-15-11-8-9(13(14)19)2-3-12(11)18(20)21/h2-3,5,7-8,15H,4,6H2,1H3,(H2,14,19). The molecule has 0 aliphatic rings. The van der Waals surface area contributed by atoms with Crippen LogP contribution in [0.1, 0.15) is 16.1 Å². The maximum absolute atomic E-state index is 11.1. The third kappa shape index (κ3) is 3.56. The Bertz CT molecular complexity index is 680. The van der Waals surface area contributed by atoms with E-state index in [1.54, 1.807) is 4.68 Å². The van der Waals surface area contributed by atoms with Gasteiger partial charge in [-0.25, -0.2) is 0 Å². The van der Waals surface area contributed by atoms with E-state index in [2.05, 4.69) is 10.4 Å². The zero-order valence-electron chi connectivity index (χ0n) is 11.4. The lowest BCUT2D eigenvalue weighted by molar-refractivity contribution is -0.384. The predicted octanol–water partition coefficient (Wildman–Crippen LogP) is 1.08. The summed E-state index contributed by atoms with van der Waals surface area (Å²) in [6.07, 6.45) is 2.43. The van der Waals surface area contributed by atoms with E-state index in [-0.39, 0.29) is 16.9 Å². The molecule has 2 aromatic rings. The summed E-state index contributed by atoms with van der Waals surface area (Å²) in [4.78, 5) is 21.6. The van der Waals surface area contributed by atoms with Crippen LogP contribution in [0.3, 0.4) is 0 Å². The Balaban J connectivity index is 2.11. The van der Waals surface area contributed by atoms with Crippen LogP contribution in [0.25, 0.3) is 0 Å². The molecule has 0 aliphatic heterocycles. The highest BCUT2D eigenvalue weighted by molar-refractivity contribution is 5.94. The number of hydrogen-bond donors (Lipinski definition) is 2. The summed E-state index contributed by atoms with van der Waals surface area (Å²) in [5.41, 5.74) is 6.45. The molecule has 0 fully saturated rings. The summed E-state index contributed by atoms with van der Waals surface area (Å²) < 4.78 is 1.69. The Kier molecular flexibility index (Phi) is 4.17. The highest BCUT2D eigenvalue weighted by atomic mass is 16.6. The number of carbonyl (C=O) groups is 1. The second kappa shape index (κ2) is 6.04. The highest BCUT2D eigenvalue weighted by Gasteiger charge is 2.15. The summed E-state index contributed by atoms with van der Waals surface area (Å²) in [6.45, 7) is 0.458. The van der Waals surface area contributed by atoms with Crippen molar-refractivity contribution in [3.05, 3.63) is 51.8 Å². The average molecular weight is 289 g/mol. The summed E-state index contributed by atoms with van der Waals surface area (Å²) >= 11 is 0. The smallest absolute Gasteiger partial charge is 0.292 e. The van der Waals surface area contributed by atoms with Gasteiger partial charge in [0.05, 0.1) is 10.6 Å². The van der Waals surface area contributed by atoms with Gasteiger partial charge in [0, 0.05) is 37.8 Å². The SMILES string of the molecule is Cn1ccc(CCNc2cc(C(N)=O)ccc2[N+](=O)[O-])n1. The van der Waals surface area contributed by atoms with Gasteiger partial charge in [0.2, 0.25) is 5.91 Å². The van der Waals surface area contributed by atoms with Crippen molar-refractivity contribution >= 4 is 17.3 Å². The molecule has 1 heterocycles. The number of primary amides is 1. The maximum Gasteiger partial charge on any atom is 0.292 e. The minimum absolute atomic E-state index is 0.0963. The van der Waals surface area contributed by atoms with Crippen molar-refractivity contribution in [2.24, 2.45) is 12.8 Å². The fourth-order valence-corrected chi connectivity index (χ4v) is 1.91. The van der Waals surface area contributed by atoms with Crippen molar-refractivity contribution in [2.45, 2.75) is 6.42 Å². The highest BCUT2D eigenvalue weighted by Crippen LogP contribution is 2.25. The van der Waals surface area contributed by atoms with Gasteiger partial charge in [0.25, 0.3) is 5.69 Å². The molecule has 0 saturated carbocycles. The van der Waals surface area contributed by atoms with Crippen LogP contribution < -0.4 is 11.1 Å². The van der Waals surface area contributed by atoms with Crippen molar-refractivity contribution in [1.29, 1.82) is 0 Å². The van der Waals surface area contributed by atoms with Crippen LogP contribution in [0, 0.1) is 10.1 Å². The molecule has 21 heavy (non-hydrogen) atoms. The number of amides is 1. The van der Waals surface area contributed by atoms with Gasteiger partial charge in [0.1, 0.15) is 5.69 Å². The number of nitrogens with two attached hydrogens (primary N) is 1. The number of carbonyl (C=O) groups excluding carboxylic acids is 1. The third-order valence-corrected chi connectivity index (χ3v) is 2.94. The Morgan fingerprint density at radius 1 is 1.48 bits per heavy atom. The van der Waals surface area contributed by atoms with E-state index in [0.717, 1.165) is 5.69 Å². The number of rotatable bonds is 6. The third-order valence-electron chi connectivity index (χ3n) is 2.94. The summed E-state index contributed by atoms with van der Waals surface area (Å²) in [7, 11) is 1.82. The van der Waals surface area contributed by atoms with E-state index < -0.39 is 10.8 Å². The van der Waals surface area contributed by atoms with Gasteiger partial charge in [0.15, 0.2) is 0 Å². The van der Waals surface area contributed by atoms with Gasteiger partial charge in [-0.15, -0.1) is 0 Å². The number of nitrogens with zero attached hydrogens (tertiary/aromatic N) is 3. The maximum atomic E-state index is 11.1. The summed E-state index contributed by atoms with van der Waals surface area (Å²) in [6, 6.07) is 5.86. The van der Waals surface area contributed by atoms with Gasteiger partial charge in [-0.3, -0.25) is 19.6 Å². The van der Waals surface area contributed by atoms with Gasteiger partial charge < -0.3 is 11.1 Å². The van der Waals surface area contributed by atoms with Crippen LogP contribution in [0.5, 0.6) is 0 Å². The molecule has 0 unspecified atom stereocenters. The molecule has 0 atom stereocenters.